The first-order chi connectivity index (χ1) is 16.9. The Kier molecular flexibility index (Phi) is 10.5. The van der Waals surface area contributed by atoms with Crippen molar-refractivity contribution in [3.63, 3.8) is 0 Å². The Hall–Kier alpha value is -2.91. The summed E-state index contributed by atoms with van der Waals surface area (Å²) in [4.78, 5) is 40.0. The Labute approximate surface area is 218 Å². The van der Waals surface area contributed by atoms with Crippen LogP contribution >= 0.6 is 11.6 Å². The molecule has 1 N–H and O–H groups in total. The molecule has 196 valence electrons. The third-order valence-electron chi connectivity index (χ3n) is 5.87. The maximum atomic E-state index is 13.7. The SMILES string of the molecule is CC[C@@H](C)NC(=O)[C@@H](CC)N(Cc1ccc(Cl)cc1)C(=O)CN(c1cccc(C(C)=O)c1)S(C)(=O)=O. The van der Waals surface area contributed by atoms with Crippen LogP contribution in [0.4, 0.5) is 5.69 Å². The Morgan fingerprint density at radius 3 is 2.19 bits per heavy atom. The molecule has 2 amide bonds. The van der Waals surface area contributed by atoms with Crippen molar-refractivity contribution in [2.24, 2.45) is 0 Å². The smallest absolute Gasteiger partial charge is 0.244 e. The number of Topliss-reactive ketones (excluding diaryl/α,β-unsaturated/α-hetero) is 1. The number of halogens is 1. The lowest BCUT2D eigenvalue weighted by Crippen LogP contribution is -2.53. The van der Waals surface area contributed by atoms with E-state index >= 15 is 0 Å². The van der Waals surface area contributed by atoms with Gasteiger partial charge >= 0.3 is 0 Å². The molecule has 0 bridgehead atoms. The van der Waals surface area contributed by atoms with Crippen LogP contribution in [0, 0.1) is 0 Å². The highest BCUT2D eigenvalue weighted by Gasteiger charge is 2.32. The third kappa shape index (κ3) is 8.06. The lowest BCUT2D eigenvalue weighted by molar-refractivity contribution is -0.140. The Bertz CT molecular complexity index is 1180. The molecule has 0 radical (unpaired) electrons. The summed E-state index contributed by atoms with van der Waals surface area (Å²) in [5, 5.41) is 3.46. The van der Waals surface area contributed by atoms with Gasteiger partial charge in [-0.15, -0.1) is 0 Å². The van der Waals surface area contributed by atoms with Gasteiger partial charge in [-0.25, -0.2) is 8.42 Å². The van der Waals surface area contributed by atoms with Crippen molar-refractivity contribution < 1.29 is 22.8 Å². The number of nitrogens with one attached hydrogen (secondary N) is 1. The summed E-state index contributed by atoms with van der Waals surface area (Å²) in [6.07, 6.45) is 2.05. The molecule has 2 aromatic rings. The van der Waals surface area contributed by atoms with E-state index in [2.05, 4.69) is 5.32 Å². The lowest BCUT2D eigenvalue weighted by atomic mass is 10.1. The second-order valence-corrected chi connectivity index (χ2v) is 11.1. The zero-order valence-corrected chi connectivity index (χ0v) is 22.9. The van der Waals surface area contributed by atoms with Crippen LogP contribution in [0.3, 0.4) is 0 Å². The average molecular weight is 536 g/mol. The van der Waals surface area contributed by atoms with Crippen molar-refractivity contribution in [1.82, 2.24) is 10.2 Å². The quantitative estimate of drug-likeness (QED) is 0.413. The summed E-state index contributed by atoms with van der Waals surface area (Å²) >= 11 is 6.00. The molecule has 0 aliphatic rings. The van der Waals surface area contributed by atoms with E-state index in [0.717, 1.165) is 22.5 Å². The van der Waals surface area contributed by atoms with Gasteiger partial charge in [0.2, 0.25) is 21.8 Å². The van der Waals surface area contributed by atoms with Crippen molar-refractivity contribution in [3.8, 4) is 0 Å². The molecule has 0 heterocycles. The first kappa shape index (κ1) is 29.3. The normalized spacial score (nSPS) is 12.9. The molecule has 0 unspecified atom stereocenters. The Balaban J connectivity index is 2.47. The number of carbonyl (C=O) groups excluding carboxylic acids is 3. The molecule has 0 aliphatic carbocycles. The van der Waals surface area contributed by atoms with Crippen molar-refractivity contribution in [1.29, 1.82) is 0 Å². The van der Waals surface area contributed by atoms with Gasteiger partial charge in [0.05, 0.1) is 11.9 Å². The molecule has 0 spiro atoms. The lowest BCUT2D eigenvalue weighted by Gasteiger charge is -2.33. The number of rotatable bonds is 12. The minimum Gasteiger partial charge on any atom is -0.352 e. The maximum Gasteiger partial charge on any atom is 0.244 e. The van der Waals surface area contributed by atoms with Crippen LogP contribution in [-0.2, 0) is 26.2 Å². The van der Waals surface area contributed by atoms with E-state index in [1.54, 1.807) is 43.3 Å². The predicted octanol–water partition coefficient (Wildman–Crippen LogP) is 4.03. The highest BCUT2D eigenvalue weighted by molar-refractivity contribution is 7.92. The molecule has 2 rings (SSSR count). The first-order valence-electron chi connectivity index (χ1n) is 11.8. The van der Waals surface area contributed by atoms with E-state index in [0.29, 0.717) is 17.0 Å². The monoisotopic (exact) mass is 535 g/mol. The first-order valence-corrected chi connectivity index (χ1v) is 14.0. The fraction of sp³-hybridized carbons (Fsp3) is 0.423. The maximum absolute atomic E-state index is 13.7. The van der Waals surface area contributed by atoms with Crippen LogP contribution < -0.4 is 9.62 Å². The average Bonchev–Trinajstić information content (AvgIpc) is 2.82. The summed E-state index contributed by atoms with van der Waals surface area (Å²) < 4.78 is 26.4. The molecule has 0 aromatic heterocycles. The molecule has 2 aromatic carbocycles. The topological polar surface area (TPSA) is 104 Å². The van der Waals surface area contributed by atoms with Gasteiger partial charge in [0.1, 0.15) is 12.6 Å². The Morgan fingerprint density at radius 1 is 1.03 bits per heavy atom. The van der Waals surface area contributed by atoms with E-state index in [-0.39, 0.29) is 30.0 Å². The largest absolute Gasteiger partial charge is 0.352 e. The van der Waals surface area contributed by atoms with Crippen LogP contribution in [0.2, 0.25) is 5.02 Å². The molecule has 0 fully saturated rings. The van der Waals surface area contributed by atoms with Crippen LogP contribution in [-0.4, -0.2) is 55.8 Å². The summed E-state index contributed by atoms with van der Waals surface area (Å²) in [7, 11) is -3.89. The fourth-order valence-electron chi connectivity index (χ4n) is 3.64. The molecule has 0 saturated carbocycles. The second-order valence-electron chi connectivity index (χ2n) is 8.77. The van der Waals surface area contributed by atoms with Crippen LogP contribution in [0.1, 0.15) is 56.5 Å². The minimum absolute atomic E-state index is 0.0825. The van der Waals surface area contributed by atoms with Gasteiger partial charge < -0.3 is 10.2 Å². The summed E-state index contributed by atoms with van der Waals surface area (Å²) in [6.45, 7) is 6.57. The molecular weight excluding hydrogens is 502 g/mol. The standard InChI is InChI=1S/C26H34ClN3O5S/c1-6-18(3)28-26(33)24(7-2)29(16-20-11-13-22(27)14-12-20)25(32)17-30(36(5,34)35)23-10-8-9-21(15-23)19(4)31/h8-15,18,24H,6-7,16-17H2,1-5H3,(H,28,33)/t18-,24-/m1/s1. The highest BCUT2D eigenvalue weighted by Crippen LogP contribution is 2.22. The zero-order chi connectivity index (χ0) is 27.0. The summed E-state index contributed by atoms with van der Waals surface area (Å²) in [6, 6.07) is 12.1. The summed E-state index contributed by atoms with van der Waals surface area (Å²) in [5.41, 5.74) is 1.26. The van der Waals surface area contributed by atoms with Gasteiger partial charge in [-0.3, -0.25) is 18.7 Å². The number of benzene rings is 2. The van der Waals surface area contributed by atoms with Crippen LogP contribution in [0.5, 0.6) is 0 Å². The molecule has 10 heteroatoms. The van der Waals surface area contributed by atoms with Gasteiger partial charge in [-0.1, -0.05) is 49.7 Å². The van der Waals surface area contributed by atoms with Crippen molar-refractivity contribution in [2.75, 3.05) is 17.1 Å². The number of carbonyl (C=O) groups is 3. The number of hydrogen-bond acceptors (Lipinski definition) is 5. The number of sulfonamides is 1. The predicted molar refractivity (Wildman–Crippen MR) is 143 cm³/mol. The van der Waals surface area contributed by atoms with Crippen molar-refractivity contribution in [2.45, 2.75) is 59.2 Å². The number of ketones is 1. The van der Waals surface area contributed by atoms with E-state index in [1.165, 1.54) is 24.0 Å². The second kappa shape index (κ2) is 12.9. The number of anilines is 1. The molecule has 2 atom stereocenters. The van der Waals surface area contributed by atoms with E-state index in [1.807, 2.05) is 13.8 Å². The van der Waals surface area contributed by atoms with Gasteiger partial charge in [0.25, 0.3) is 0 Å². The molecule has 0 saturated heterocycles. The van der Waals surface area contributed by atoms with Gasteiger partial charge in [0.15, 0.2) is 5.78 Å². The van der Waals surface area contributed by atoms with Crippen molar-refractivity contribution >= 4 is 44.9 Å². The van der Waals surface area contributed by atoms with E-state index in [4.69, 9.17) is 11.6 Å². The van der Waals surface area contributed by atoms with E-state index < -0.39 is 28.5 Å². The fourth-order valence-corrected chi connectivity index (χ4v) is 4.61. The van der Waals surface area contributed by atoms with Crippen molar-refractivity contribution in [3.05, 3.63) is 64.7 Å². The van der Waals surface area contributed by atoms with Crippen LogP contribution in [0.25, 0.3) is 0 Å². The summed E-state index contributed by atoms with van der Waals surface area (Å²) in [5.74, 6) is -1.08. The highest BCUT2D eigenvalue weighted by atomic mass is 35.5. The Morgan fingerprint density at radius 2 is 1.67 bits per heavy atom. The molecule has 0 aliphatic heterocycles. The molecule has 36 heavy (non-hydrogen) atoms. The van der Waals surface area contributed by atoms with Gasteiger partial charge in [-0.05, 0) is 56.5 Å². The molecular formula is C26H34ClN3O5S. The number of nitrogens with zero attached hydrogens (tertiary/aromatic N) is 2. The van der Waals surface area contributed by atoms with Crippen LogP contribution in [0.15, 0.2) is 48.5 Å². The molecule has 8 nitrogen and oxygen atoms in total. The minimum atomic E-state index is -3.89. The number of hydrogen-bond donors (Lipinski definition) is 1. The zero-order valence-electron chi connectivity index (χ0n) is 21.3. The van der Waals surface area contributed by atoms with Gasteiger partial charge in [0, 0.05) is 23.2 Å². The third-order valence-corrected chi connectivity index (χ3v) is 7.27. The van der Waals surface area contributed by atoms with E-state index in [9.17, 15) is 22.8 Å². The van der Waals surface area contributed by atoms with Gasteiger partial charge in [-0.2, -0.15) is 0 Å². The number of amides is 2.